The zero-order chi connectivity index (χ0) is 21.8. The zero-order valence-electron chi connectivity index (χ0n) is 18.8. The third kappa shape index (κ3) is 7.86. The summed E-state index contributed by atoms with van der Waals surface area (Å²) in [6.07, 6.45) is 17.0. The second kappa shape index (κ2) is 13.6. The van der Waals surface area contributed by atoms with Crippen molar-refractivity contribution in [3.8, 4) is 0 Å². The summed E-state index contributed by atoms with van der Waals surface area (Å²) in [4.78, 5) is 25.1. The Balaban J connectivity index is 2.08. The SMILES string of the molecule is C=C(N/C(=C/CC)N(C1CCCCC1)C1CCCCC1)S/C=C(\C)C(=O)NCC=O. The molecule has 0 unspecified atom stereocenters. The number of amides is 1. The van der Waals surface area contributed by atoms with Gasteiger partial charge in [0.25, 0.3) is 0 Å². The van der Waals surface area contributed by atoms with Gasteiger partial charge in [-0.3, -0.25) is 4.79 Å². The number of carbonyl (C=O) groups excluding carboxylic acids is 2. The molecule has 30 heavy (non-hydrogen) atoms. The van der Waals surface area contributed by atoms with E-state index in [-0.39, 0.29) is 12.5 Å². The van der Waals surface area contributed by atoms with E-state index < -0.39 is 0 Å². The van der Waals surface area contributed by atoms with Crippen LogP contribution in [0.4, 0.5) is 0 Å². The van der Waals surface area contributed by atoms with E-state index >= 15 is 0 Å². The van der Waals surface area contributed by atoms with Crippen molar-refractivity contribution < 1.29 is 9.59 Å². The number of allylic oxidation sites excluding steroid dienone is 1. The minimum Gasteiger partial charge on any atom is -0.352 e. The maximum absolute atomic E-state index is 11.9. The van der Waals surface area contributed by atoms with E-state index in [1.54, 1.807) is 12.3 Å². The number of nitrogens with one attached hydrogen (secondary N) is 2. The van der Waals surface area contributed by atoms with Crippen molar-refractivity contribution in [3.63, 3.8) is 0 Å². The van der Waals surface area contributed by atoms with E-state index in [4.69, 9.17) is 0 Å². The molecular formula is C24H39N3O2S. The van der Waals surface area contributed by atoms with E-state index in [0.29, 0.717) is 23.9 Å². The predicted molar refractivity (Wildman–Crippen MR) is 127 cm³/mol. The summed E-state index contributed by atoms with van der Waals surface area (Å²) in [6, 6.07) is 1.22. The normalized spacial score (nSPS) is 19.3. The monoisotopic (exact) mass is 433 g/mol. The van der Waals surface area contributed by atoms with E-state index in [0.717, 1.165) is 11.4 Å². The van der Waals surface area contributed by atoms with Gasteiger partial charge in [0.1, 0.15) is 12.1 Å². The molecule has 5 nitrogen and oxygen atoms in total. The Morgan fingerprint density at radius 3 is 2.13 bits per heavy atom. The van der Waals surface area contributed by atoms with Gasteiger partial charge in [0, 0.05) is 17.7 Å². The van der Waals surface area contributed by atoms with Gasteiger partial charge in [0.15, 0.2) is 0 Å². The zero-order valence-corrected chi connectivity index (χ0v) is 19.6. The molecule has 2 rings (SSSR count). The molecule has 0 saturated heterocycles. The smallest absolute Gasteiger partial charge is 0.247 e. The second-order valence-electron chi connectivity index (χ2n) is 8.33. The Morgan fingerprint density at radius 2 is 1.63 bits per heavy atom. The highest BCUT2D eigenvalue weighted by Crippen LogP contribution is 2.33. The Bertz CT molecular complexity index is 614. The van der Waals surface area contributed by atoms with Crippen LogP contribution >= 0.6 is 11.8 Å². The third-order valence-corrected chi connectivity index (χ3v) is 6.82. The first-order valence-corrected chi connectivity index (χ1v) is 12.4. The van der Waals surface area contributed by atoms with Crippen LogP contribution in [0.5, 0.6) is 0 Å². The molecule has 0 radical (unpaired) electrons. The van der Waals surface area contributed by atoms with Crippen LogP contribution in [-0.2, 0) is 9.59 Å². The molecular weight excluding hydrogens is 394 g/mol. The van der Waals surface area contributed by atoms with Gasteiger partial charge < -0.3 is 20.3 Å². The van der Waals surface area contributed by atoms with Crippen LogP contribution < -0.4 is 10.6 Å². The number of hydrogen-bond donors (Lipinski definition) is 2. The van der Waals surface area contributed by atoms with E-state index in [1.165, 1.54) is 81.8 Å². The van der Waals surface area contributed by atoms with Crippen LogP contribution in [0.1, 0.15) is 84.5 Å². The average Bonchev–Trinajstić information content (AvgIpc) is 2.77. The molecule has 2 N–H and O–H groups in total. The van der Waals surface area contributed by atoms with Gasteiger partial charge in [-0.05, 0) is 50.5 Å². The summed E-state index contributed by atoms with van der Waals surface area (Å²) >= 11 is 1.43. The first-order valence-electron chi connectivity index (χ1n) is 11.6. The molecule has 2 fully saturated rings. The Labute approximate surface area is 186 Å². The largest absolute Gasteiger partial charge is 0.352 e. The van der Waals surface area contributed by atoms with Crippen LogP contribution in [0.2, 0.25) is 0 Å². The second-order valence-corrected chi connectivity index (χ2v) is 9.30. The molecule has 0 aromatic carbocycles. The van der Waals surface area contributed by atoms with Gasteiger partial charge in [-0.25, -0.2) is 0 Å². The van der Waals surface area contributed by atoms with E-state index in [2.05, 4.69) is 35.1 Å². The lowest BCUT2D eigenvalue weighted by molar-refractivity contribution is -0.119. The van der Waals surface area contributed by atoms with Crippen molar-refractivity contribution >= 4 is 24.0 Å². The highest BCUT2D eigenvalue weighted by Gasteiger charge is 2.30. The third-order valence-electron chi connectivity index (χ3n) is 5.96. The average molecular weight is 434 g/mol. The van der Waals surface area contributed by atoms with E-state index in [1.807, 2.05) is 0 Å². The molecule has 2 aliphatic carbocycles. The van der Waals surface area contributed by atoms with Crippen molar-refractivity contribution in [2.24, 2.45) is 0 Å². The summed E-state index contributed by atoms with van der Waals surface area (Å²) in [7, 11) is 0. The quantitative estimate of drug-likeness (QED) is 0.346. The standard InChI is InChI=1S/C24H39N3O2S/c1-4-11-23(26-20(3)30-18-19(2)24(29)25-16-17-28)27(21-12-7-5-8-13-21)22-14-9-6-10-15-22/h11,17-18,21-22,26H,3-10,12-16H2,1-2H3,(H,25,29)/b19-18+,23-11-. The number of carbonyl (C=O) groups is 2. The molecule has 0 atom stereocenters. The lowest BCUT2D eigenvalue weighted by Gasteiger charge is -2.44. The molecule has 0 aromatic rings. The first-order chi connectivity index (χ1) is 14.6. The van der Waals surface area contributed by atoms with Gasteiger partial charge in [-0.15, -0.1) is 0 Å². The molecule has 6 heteroatoms. The Hall–Kier alpha value is -1.69. The topological polar surface area (TPSA) is 61.4 Å². The lowest BCUT2D eigenvalue weighted by atomic mass is 9.88. The Kier molecular flexibility index (Phi) is 11.1. The number of aldehydes is 1. The van der Waals surface area contributed by atoms with Crippen LogP contribution in [0.3, 0.4) is 0 Å². The van der Waals surface area contributed by atoms with Crippen molar-refractivity contribution in [1.29, 1.82) is 0 Å². The summed E-state index contributed by atoms with van der Waals surface area (Å²) in [6.45, 7) is 8.16. The van der Waals surface area contributed by atoms with Gasteiger partial charge >= 0.3 is 0 Å². The van der Waals surface area contributed by atoms with Gasteiger partial charge in [0.2, 0.25) is 5.91 Å². The first kappa shape index (κ1) is 24.6. The van der Waals surface area contributed by atoms with Crippen molar-refractivity contribution in [3.05, 3.63) is 34.5 Å². The van der Waals surface area contributed by atoms with E-state index in [9.17, 15) is 9.59 Å². The molecule has 0 spiro atoms. The predicted octanol–water partition coefficient (Wildman–Crippen LogP) is 5.22. The lowest BCUT2D eigenvalue weighted by Crippen LogP contribution is -2.47. The van der Waals surface area contributed by atoms with Crippen LogP contribution in [0, 0.1) is 0 Å². The molecule has 0 bridgehead atoms. The molecule has 2 saturated carbocycles. The van der Waals surface area contributed by atoms with Crippen LogP contribution in [-0.4, -0.2) is 35.7 Å². The summed E-state index contributed by atoms with van der Waals surface area (Å²) in [5, 5.41) is 8.75. The van der Waals surface area contributed by atoms with Gasteiger partial charge in [-0.1, -0.05) is 63.8 Å². The molecule has 0 aromatic heterocycles. The maximum atomic E-state index is 11.9. The van der Waals surface area contributed by atoms with Crippen molar-refractivity contribution in [2.75, 3.05) is 6.54 Å². The highest BCUT2D eigenvalue weighted by molar-refractivity contribution is 8.05. The minimum atomic E-state index is -0.224. The van der Waals surface area contributed by atoms with Crippen molar-refractivity contribution in [2.45, 2.75) is 96.6 Å². The minimum absolute atomic E-state index is 0.0367. The van der Waals surface area contributed by atoms with Crippen LogP contribution in [0.25, 0.3) is 0 Å². The van der Waals surface area contributed by atoms with Crippen LogP contribution in [0.15, 0.2) is 34.5 Å². The molecule has 1 amide bonds. The number of nitrogens with zero attached hydrogens (tertiary/aromatic N) is 1. The molecule has 168 valence electrons. The molecule has 0 heterocycles. The maximum Gasteiger partial charge on any atom is 0.247 e. The number of rotatable bonds is 11. The number of thioether (sulfide) groups is 1. The fourth-order valence-corrected chi connectivity index (χ4v) is 5.07. The molecule has 0 aliphatic heterocycles. The fourth-order valence-electron chi connectivity index (χ4n) is 4.48. The fraction of sp³-hybridized carbons (Fsp3) is 0.667. The van der Waals surface area contributed by atoms with Gasteiger partial charge in [0.05, 0.1) is 11.6 Å². The summed E-state index contributed by atoms with van der Waals surface area (Å²) in [5.41, 5.74) is 0.572. The molecule has 2 aliphatic rings. The Morgan fingerprint density at radius 1 is 1.07 bits per heavy atom. The van der Waals surface area contributed by atoms with Gasteiger partial charge in [-0.2, -0.15) is 0 Å². The highest BCUT2D eigenvalue weighted by atomic mass is 32.2. The van der Waals surface area contributed by atoms with Crippen molar-refractivity contribution in [1.82, 2.24) is 15.5 Å². The summed E-state index contributed by atoms with van der Waals surface area (Å²) < 4.78 is 0. The number of hydrogen-bond acceptors (Lipinski definition) is 5. The summed E-state index contributed by atoms with van der Waals surface area (Å²) in [5.74, 6) is 0.961.